The van der Waals surface area contributed by atoms with Gasteiger partial charge in [-0.25, -0.2) is 21.9 Å². The molecule has 4 nitrogen and oxygen atoms in total. The Morgan fingerprint density at radius 3 is 2.41 bits per heavy atom. The van der Waals surface area contributed by atoms with Crippen LogP contribution in [0.3, 0.4) is 0 Å². The van der Waals surface area contributed by atoms with Gasteiger partial charge >= 0.3 is 0 Å². The summed E-state index contributed by atoms with van der Waals surface area (Å²) in [6, 6.07) is 7.81. The minimum absolute atomic E-state index is 0.107. The molecule has 2 aromatic carbocycles. The fourth-order valence-corrected chi connectivity index (χ4v) is 3.20. The van der Waals surface area contributed by atoms with E-state index in [1.807, 2.05) is 0 Å². The van der Waals surface area contributed by atoms with Crippen LogP contribution in [0, 0.1) is 18.6 Å². The van der Waals surface area contributed by atoms with E-state index in [1.165, 1.54) is 19.2 Å². The molecular weight excluding hydrogens is 312 g/mol. The number of aryl methyl sites for hydroxylation is 1. The molecule has 0 fully saturated rings. The van der Waals surface area contributed by atoms with E-state index >= 15 is 0 Å². The molecule has 2 rings (SSSR count). The van der Waals surface area contributed by atoms with Crippen LogP contribution >= 0.6 is 0 Å². The van der Waals surface area contributed by atoms with E-state index in [1.54, 1.807) is 19.1 Å². The van der Waals surface area contributed by atoms with Crippen LogP contribution in [-0.2, 0) is 16.6 Å². The standard InChI is InChI=1S/C15H15F2NO3S/c1-10-7-12(21-2)4-6-15(10)22(19,20)18-9-11-3-5-13(16)14(17)8-11/h3-8,18H,9H2,1-2H3. The molecule has 0 saturated heterocycles. The number of hydrogen-bond donors (Lipinski definition) is 1. The third-order valence-electron chi connectivity index (χ3n) is 3.12. The highest BCUT2D eigenvalue weighted by atomic mass is 32.2. The van der Waals surface area contributed by atoms with Gasteiger partial charge in [-0.3, -0.25) is 0 Å². The Balaban J connectivity index is 2.19. The molecule has 0 aliphatic heterocycles. The average molecular weight is 327 g/mol. The Kier molecular flexibility index (Phi) is 4.77. The summed E-state index contributed by atoms with van der Waals surface area (Å²) in [5.41, 5.74) is 0.853. The van der Waals surface area contributed by atoms with Crippen molar-refractivity contribution in [2.24, 2.45) is 0 Å². The third-order valence-corrected chi connectivity index (χ3v) is 4.68. The summed E-state index contributed by atoms with van der Waals surface area (Å²) in [5.74, 6) is -1.44. The number of hydrogen-bond acceptors (Lipinski definition) is 3. The number of rotatable bonds is 5. The highest BCUT2D eigenvalue weighted by Crippen LogP contribution is 2.21. The maximum absolute atomic E-state index is 13.1. The first-order valence-electron chi connectivity index (χ1n) is 6.42. The summed E-state index contributed by atoms with van der Waals surface area (Å²) in [5, 5.41) is 0. The molecule has 0 unspecified atom stereocenters. The van der Waals surface area contributed by atoms with Gasteiger partial charge in [0.15, 0.2) is 11.6 Å². The highest BCUT2D eigenvalue weighted by Gasteiger charge is 2.17. The van der Waals surface area contributed by atoms with Gasteiger partial charge in [0, 0.05) is 6.54 Å². The fraction of sp³-hybridized carbons (Fsp3) is 0.200. The zero-order valence-electron chi connectivity index (χ0n) is 12.1. The van der Waals surface area contributed by atoms with Gasteiger partial charge in [-0.05, 0) is 48.4 Å². The van der Waals surface area contributed by atoms with Crippen LogP contribution in [0.5, 0.6) is 5.75 Å². The van der Waals surface area contributed by atoms with Gasteiger partial charge in [-0.2, -0.15) is 0 Å². The molecule has 7 heteroatoms. The van der Waals surface area contributed by atoms with Gasteiger partial charge < -0.3 is 4.74 Å². The minimum atomic E-state index is -3.76. The summed E-state index contributed by atoms with van der Waals surface area (Å²) in [4.78, 5) is 0.107. The Bertz CT molecular complexity index is 791. The van der Waals surface area contributed by atoms with Gasteiger partial charge in [0.2, 0.25) is 10.0 Å². The lowest BCUT2D eigenvalue weighted by atomic mass is 10.2. The molecule has 2 aromatic rings. The molecule has 0 radical (unpaired) electrons. The first kappa shape index (κ1) is 16.4. The van der Waals surface area contributed by atoms with Crippen LogP contribution in [0.2, 0.25) is 0 Å². The minimum Gasteiger partial charge on any atom is -0.497 e. The van der Waals surface area contributed by atoms with Crippen LogP contribution in [-0.4, -0.2) is 15.5 Å². The SMILES string of the molecule is COc1ccc(S(=O)(=O)NCc2ccc(F)c(F)c2)c(C)c1. The number of sulfonamides is 1. The highest BCUT2D eigenvalue weighted by molar-refractivity contribution is 7.89. The Morgan fingerprint density at radius 2 is 1.82 bits per heavy atom. The van der Waals surface area contributed by atoms with Crippen molar-refractivity contribution >= 4 is 10.0 Å². The van der Waals surface area contributed by atoms with Gasteiger partial charge in [0.1, 0.15) is 5.75 Å². The molecule has 0 heterocycles. The molecule has 0 aliphatic carbocycles. The van der Waals surface area contributed by atoms with Gasteiger partial charge in [0.05, 0.1) is 12.0 Å². The Labute approximate surface area is 127 Å². The quantitative estimate of drug-likeness (QED) is 0.919. The zero-order valence-corrected chi connectivity index (χ0v) is 12.9. The number of benzene rings is 2. The topological polar surface area (TPSA) is 55.4 Å². The summed E-state index contributed by atoms with van der Waals surface area (Å²) in [7, 11) is -2.27. The molecule has 0 saturated carbocycles. The maximum Gasteiger partial charge on any atom is 0.241 e. The Hall–Kier alpha value is -1.99. The molecule has 118 valence electrons. The van der Waals surface area contributed by atoms with Crippen molar-refractivity contribution in [3.05, 3.63) is 59.2 Å². The van der Waals surface area contributed by atoms with Crippen molar-refractivity contribution in [2.45, 2.75) is 18.4 Å². The molecule has 1 N–H and O–H groups in total. The van der Waals surface area contributed by atoms with Gasteiger partial charge in [-0.1, -0.05) is 6.07 Å². The zero-order chi connectivity index (χ0) is 16.3. The second kappa shape index (κ2) is 6.41. The van der Waals surface area contributed by atoms with E-state index in [0.717, 1.165) is 12.1 Å². The van der Waals surface area contributed by atoms with E-state index in [2.05, 4.69) is 4.72 Å². The smallest absolute Gasteiger partial charge is 0.241 e. The van der Waals surface area contributed by atoms with Crippen LogP contribution in [0.1, 0.15) is 11.1 Å². The normalized spacial score (nSPS) is 11.5. The van der Waals surface area contributed by atoms with E-state index in [-0.39, 0.29) is 11.4 Å². The van der Waals surface area contributed by atoms with Crippen molar-refractivity contribution in [2.75, 3.05) is 7.11 Å². The largest absolute Gasteiger partial charge is 0.497 e. The second-order valence-electron chi connectivity index (χ2n) is 4.70. The van der Waals surface area contributed by atoms with E-state index in [9.17, 15) is 17.2 Å². The molecule has 0 aliphatic rings. The molecule has 0 bridgehead atoms. The summed E-state index contributed by atoms with van der Waals surface area (Å²) in [6.07, 6.45) is 0. The lowest BCUT2D eigenvalue weighted by Crippen LogP contribution is -2.24. The summed E-state index contributed by atoms with van der Waals surface area (Å²) < 4.78 is 57.8. The van der Waals surface area contributed by atoms with Crippen molar-refractivity contribution in [3.8, 4) is 5.75 Å². The number of methoxy groups -OCH3 is 1. The third kappa shape index (κ3) is 3.61. The van der Waals surface area contributed by atoms with Crippen LogP contribution < -0.4 is 9.46 Å². The van der Waals surface area contributed by atoms with E-state index < -0.39 is 21.7 Å². The number of nitrogens with one attached hydrogen (secondary N) is 1. The van der Waals surface area contributed by atoms with Gasteiger partial charge in [-0.15, -0.1) is 0 Å². The van der Waals surface area contributed by atoms with Gasteiger partial charge in [0.25, 0.3) is 0 Å². The Morgan fingerprint density at radius 1 is 1.09 bits per heavy atom. The number of ether oxygens (including phenoxy) is 1. The first-order chi connectivity index (χ1) is 10.3. The lowest BCUT2D eigenvalue weighted by molar-refractivity contribution is 0.414. The summed E-state index contributed by atoms with van der Waals surface area (Å²) in [6.45, 7) is 1.51. The van der Waals surface area contributed by atoms with Crippen LogP contribution in [0.25, 0.3) is 0 Å². The van der Waals surface area contributed by atoms with Crippen LogP contribution in [0.15, 0.2) is 41.3 Å². The predicted octanol–water partition coefficient (Wildman–Crippen LogP) is 2.76. The average Bonchev–Trinajstić information content (AvgIpc) is 2.48. The number of halogens is 2. The molecule has 0 aromatic heterocycles. The van der Waals surface area contributed by atoms with Crippen molar-refractivity contribution in [1.82, 2.24) is 4.72 Å². The predicted molar refractivity (Wildman–Crippen MR) is 78.1 cm³/mol. The lowest BCUT2D eigenvalue weighted by Gasteiger charge is -2.10. The van der Waals surface area contributed by atoms with Crippen LogP contribution in [0.4, 0.5) is 8.78 Å². The molecule has 0 amide bonds. The van der Waals surface area contributed by atoms with Crippen molar-refractivity contribution in [3.63, 3.8) is 0 Å². The maximum atomic E-state index is 13.1. The van der Waals surface area contributed by atoms with Crippen molar-refractivity contribution in [1.29, 1.82) is 0 Å². The fourth-order valence-electron chi connectivity index (χ4n) is 1.96. The molecule has 0 spiro atoms. The molecule has 22 heavy (non-hydrogen) atoms. The van der Waals surface area contributed by atoms with Crippen molar-refractivity contribution < 1.29 is 21.9 Å². The first-order valence-corrected chi connectivity index (χ1v) is 7.90. The van der Waals surface area contributed by atoms with E-state index in [4.69, 9.17) is 4.74 Å². The molecule has 0 atom stereocenters. The second-order valence-corrected chi connectivity index (χ2v) is 6.44. The molecular formula is C15H15F2NO3S. The van der Waals surface area contributed by atoms with E-state index in [0.29, 0.717) is 16.9 Å². The monoisotopic (exact) mass is 327 g/mol. The summed E-state index contributed by atoms with van der Waals surface area (Å²) >= 11 is 0.